The molecule has 0 fully saturated rings. The van der Waals surface area contributed by atoms with Crippen LogP contribution in [-0.2, 0) is 0 Å². The molecule has 0 saturated heterocycles. The maximum Gasteiger partial charge on any atom is 0.268 e. The second-order valence-corrected chi connectivity index (χ2v) is 4.17. The van der Waals surface area contributed by atoms with Crippen molar-refractivity contribution in [3.05, 3.63) is 34.6 Å². The van der Waals surface area contributed by atoms with Crippen molar-refractivity contribution >= 4 is 17.5 Å². The lowest BCUT2D eigenvalue weighted by molar-refractivity contribution is 0.0952. The molecule has 3 N–H and O–H groups in total. The van der Waals surface area contributed by atoms with Crippen LogP contribution in [0.25, 0.3) is 0 Å². The molecule has 0 radical (unpaired) electrons. The molecule has 0 aromatic carbocycles. The second kappa shape index (κ2) is 5.18. The number of rotatable bonds is 3. The molecule has 86 valence electrons. The van der Waals surface area contributed by atoms with Crippen LogP contribution in [0.4, 0.5) is 0 Å². The molecule has 0 atom stereocenters. The monoisotopic (exact) mass is 239 g/mol. The van der Waals surface area contributed by atoms with Gasteiger partial charge in [-0.3, -0.25) is 4.79 Å². The number of hydrogen-bond acceptors (Lipinski definition) is 2. The molecule has 4 nitrogen and oxygen atoms in total. The van der Waals surface area contributed by atoms with E-state index in [2.05, 4.69) is 21.7 Å². The molecular formula is C11H14ClN3O. The fraction of sp³-hybridized carbons (Fsp3) is 0.364. The van der Waals surface area contributed by atoms with Gasteiger partial charge in [0.25, 0.3) is 5.91 Å². The number of hydrogen-bond donors (Lipinski definition) is 3. The van der Waals surface area contributed by atoms with Crippen LogP contribution >= 0.6 is 11.6 Å². The van der Waals surface area contributed by atoms with Crippen molar-refractivity contribution in [2.75, 3.05) is 19.6 Å². The topological polar surface area (TPSA) is 56.9 Å². The molecule has 1 aliphatic rings. The molecule has 0 aliphatic carbocycles. The first-order valence-electron chi connectivity index (χ1n) is 5.26. The third-order valence-electron chi connectivity index (χ3n) is 2.53. The summed E-state index contributed by atoms with van der Waals surface area (Å²) in [6.07, 6.45) is 4.71. The Hall–Kier alpha value is -1.26. The standard InChI is InChI=1S/C11H14ClN3O/c12-9-5-10(14-7-9)11(16)15-6-8-1-3-13-4-2-8/h1,5,7,13-14H,2-4,6H2,(H,15,16). The summed E-state index contributed by atoms with van der Waals surface area (Å²) in [6.45, 7) is 2.48. The highest BCUT2D eigenvalue weighted by Crippen LogP contribution is 2.09. The third-order valence-corrected chi connectivity index (χ3v) is 2.74. The van der Waals surface area contributed by atoms with Gasteiger partial charge in [-0.05, 0) is 19.0 Å². The highest BCUT2D eigenvalue weighted by molar-refractivity contribution is 6.30. The van der Waals surface area contributed by atoms with E-state index in [4.69, 9.17) is 11.6 Å². The van der Waals surface area contributed by atoms with Gasteiger partial charge >= 0.3 is 0 Å². The van der Waals surface area contributed by atoms with Crippen LogP contribution in [0.15, 0.2) is 23.9 Å². The van der Waals surface area contributed by atoms with Crippen LogP contribution in [0, 0.1) is 0 Å². The van der Waals surface area contributed by atoms with Gasteiger partial charge in [0.15, 0.2) is 0 Å². The smallest absolute Gasteiger partial charge is 0.268 e. The Labute approximate surface area is 99.1 Å². The fourth-order valence-corrected chi connectivity index (χ4v) is 1.78. The van der Waals surface area contributed by atoms with Gasteiger partial charge in [-0.15, -0.1) is 0 Å². The lowest BCUT2D eigenvalue weighted by Crippen LogP contribution is -2.29. The quantitative estimate of drug-likeness (QED) is 0.697. The lowest BCUT2D eigenvalue weighted by atomic mass is 10.1. The first kappa shape index (κ1) is 11.2. The van der Waals surface area contributed by atoms with Crippen LogP contribution in [0.5, 0.6) is 0 Å². The number of aromatic nitrogens is 1. The Bertz CT molecular complexity index is 411. The van der Waals surface area contributed by atoms with Crippen molar-refractivity contribution in [2.24, 2.45) is 0 Å². The van der Waals surface area contributed by atoms with Crippen LogP contribution in [0.3, 0.4) is 0 Å². The molecule has 0 bridgehead atoms. The number of carbonyl (C=O) groups excluding carboxylic acids is 1. The predicted octanol–water partition coefficient (Wildman–Crippen LogP) is 1.32. The van der Waals surface area contributed by atoms with E-state index in [9.17, 15) is 4.79 Å². The molecule has 5 heteroatoms. The Morgan fingerprint density at radius 3 is 3.06 bits per heavy atom. The molecule has 1 amide bonds. The summed E-state index contributed by atoms with van der Waals surface area (Å²) >= 11 is 5.72. The average molecular weight is 240 g/mol. The Balaban J connectivity index is 1.86. The SMILES string of the molecule is O=C(NCC1=CCNCC1)c1cc(Cl)c[nH]1. The molecule has 1 aromatic heterocycles. The van der Waals surface area contributed by atoms with Gasteiger partial charge in [0, 0.05) is 19.3 Å². The number of aromatic amines is 1. The minimum absolute atomic E-state index is 0.119. The second-order valence-electron chi connectivity index (χ2n) is 3.73. The van der Waals surface area contributed by atoms with Crippen LogP contribution in [-0.4, -0.2) is 30.5 Å². The molecule has 1 aliphatic heterocycles. The van der Waals surface area contributed by atoms with E-state index in [1.165, 1.54) is 5.57 Å². The minimum atomic E-state index is -0.119. The van der Waals surface area contributed by atoms with Gasteiger partial charge in [0.1, 0.15) is 5.69 Å². The highest BCUT2D eigenvalue weighted by atomic mass is 35.5. The average Bonchev–Trinajstić information content (AvgIpc) is 2.74. The van der Waals surface area contributed by atoms with Crippen molar-refractivity contribution in [3.8, 4) is 0 Å². The third kappa shape index (κ3) is 2.87. The zero-order valence-corrected chi connectivity index (χ0v) is 9.60. The number of nitrogens with one attached hydrogen (secondary N) is 3. The van der Waals surface area contributed by atoms with E-state index in [-0.39, 0.29) is 5.91 Å². The van der Waals surface area contributed by atoms with Crippen molar-refractivity contribution < 1.29 is 4.79 Å². The van der Waals surface area contributed by atoms with Gasteiger partial charge in [-0.1, -0.05) is 23.3 Å². The molecule has 0 saturated carbocycles. The van der Waals surface area contributed by atoms with Crippen molar-refractivity contribution in [2.45, 2.75) is 6.42 Å². The normalized spacial score (nSPS) is 15.7. The Morgan fingerprint density at radius 1 is 1.56 bits per heavy atom. The Kier molecular flexibility index (Phi) is 3.64. The molecule has 1 aromatic rings. The van der Waals surface area contributed by atoms with Gasteiger partial charge in [-0.25, -0.2) is 0 Å². The van der Waals surface area contributed by atoms with Crippen LogP contribution in [0.2, 0.25) is 5.02 Å². The van der Waals surface area contributed by atoms with Gasteiger partial charge in [-0.2, -0.15) is 0 Å². The maximum absolute atomic E-state index is 11.7. The van der Waals surface area contributed by atoms with Gasteiger partial charge in [0.2, 0.25) is 0 Å². The van der Waals surface area contributed by atoms with E-state index in [0.29, 0.717) is 17.3 Å². The predicted molar refractivity (Wildman–Crippen MR) is 63.7 cm³/mol. The largest absolute Gasteiger partial charge is 0.356 e. The highest BCUT2D eigenvalue weighted by Gasteiger charge is 2.09. The van der Waals surface area contributed by atoms with Crippen LogP contribution < -0.4 is 10.6 Å². The number of halogens is 1. The summed E-state index contributed by atoms with van der Waals surface area (Å²) in [7, 11) is 0. The van der Waals surface area contributed by atoms with Crippen LogP contribution in [0.1, 0.15) is 16.9 Å². The summed E-state index contributed by atoms with van der Waals surface area (Å²) in [5.41, 5.74) is 1.77. The van der Waals surface area contributed by atoms with E-state index in [1.54, 1.807) is 12.3 Å². The first-order valence-corrected chi connectivity index (χ1v) is 5.64. The molecule has 16 heavy (non-hydrogen) atoms. The maximum atomic E-state index is 11.7. The van der Waals surface area contributed by atoms with Gasteiger partial charge < -0.3 is 15.6 Å². The first-order chi connectivity index (χ1) is 7.75. The summed E-state index contributed by atoms with van der Waals surface area (Å²) in [6, 6.07) is 1.62. The number of carbonyl (C=O) groups is 1. The van der Waals surface area contributed by atoms with E-state index in [0.717, 1.165) is 19.5 Å². The molecule has 0 unspecified atom stereocenters. The summed E-state index contributed by atoms with van der Waals surface area (Å²) in [4.78, 5) is 14.5. The van der Waals surface area contributed by atoms with Crippen molar-refractivity contribution in [1.82, 2.24) is 15.6 Å². The lowest BCUT2D eigenvalue weighted by Gasteiger charge is -2.14. The minimum Gasteiger partial charge on any atom is -0.356 e. The Morgan fingerprint density at radius 2 is 2.44 bits per heavy atom. The molecular weight excluding hydrogens is 226 g/mol. The zero-order chi connectivity index (χ0) is 11.4. The van der Waals surface area contributed by atoms with Crippen molar-refractivity contribution in [3.63, 3.8) is 0 Å². The fourth-order valence-electron chi connectivity index (χ4n) is 1.62. The zero-order valence-electron chi connectivity index (χ0n) is 8.85. The molecule has 2 heterocycles. The number of H-pyrrole nitrogens is 1. The summed E-state index contributed by atoms with van der Waals surface area (Å²) < 4.78 is 0. The molecule has 0 spiro atoms. The van der Waals surface area contributed by atoms with Crippen molar-refractivity contribution in [1.29, 1.82) is 0 Å². The summed E-state index contributed by atoms with van der Waals surface area (Å²) in [5.74, 6) is -0.119. The van der Waals surface area contributed by atoms with Gasteiger partial charge in [0.05, 0.1) is 5.02 Å². The van der Waals surface area contributed by atoms with E-state index >= 15 is 0 Å². The van der Waals surface area contributed by atoms with E-state index in [1.807, 2.05) is 0 Å². The molecule has 2 rings (SSSR count). The number of amides is 1. The van der Waals surface area contributed by atoms with E-state index < -0.39 is 0 Å². The summed E-state index contributed by atoms with van der Waals surface area (Å²) in [5, 5.41) is 6.63.